The van der Waals surface area contributed by atoms with E-state index >= 15 is 0 Å². The summed E-state index contributed by atoms with van der Waals surface area (Å²) in [4.78, 5) is 35.7. The van der Waals surface area contributed by atoms with E-state index in [1.165, 1.54) is 4.90 Å². The van der Waals surface area contributed by atoms with Crippen LogP contribution in [-0.2, 0) is 14.4 Å². The number of benzene rings is 1. The Morgan fingerprint density at radius 1 is 1.33 bits per heavy atom. The third-order valence-corrected chi connectivity index (χ3v) is 3.41. The maximum absolute atomic E-state index is 12.2. The number of carbonyl (C=O) groups is 3. The number of anilines is 1. The fourth-order valence-electron chi connectivity index (χ4n) is 2.46. The van der Waals surface area contributed by atoms with Gasteiger partial charge in [0, 0.05) is 18.2 Å². The number of rotatable bonds is 5. The standard InChI is InChI=1S/C14H17N3O4/c15-6-12(18)16-7-13(19)17-8-9(5-14(20)21)10-3-1-2-4-11(10)17/h1-4,9H,5-8,15H2,(H,16,18)(H,20,21). The molecule has 1 atom stereocenters. The molecule has 1 heterocycles. The number of carbonyl (C=O) groups excluding carboxylic acids is 2. The summed E-state index contributed by atoms with van der Waals surface area (Å²) in [6.45, 7) is -0.0152. The van der Waals surface area contributed by atoms with Gasteiger partial charge < -0.3 is 21.1 Å². The van der Waals surface area contributed by atoms with Crippen LogP contribution in [0.3, 0.4) is 0 Å². The lowest BCUT2D eigenvalue weighted by atomic mass is 9.98. The van der Waals surface area contributed by atoms with E-state index in [9.17, 15) is 14.4 Å². The molecule has 1 aliphatic rings. The van der Waals surface area contributed by atoms with Gasteiger partial charge in [-0.25, -0.2) is 0 Å². The lowest BCUT2D eigenvalue weighted by molar-refractivity contribution is -0.137. The van der Waals surface area contributed by atoms with Crippen molar-refractivity contribution < 1.29 is 19.5 Å². The third-order valence-electron chi connectivity index (χ3n) is 3.41. The molecule has 4 N–H and O–H groups in total. The number of hydrogen-bond donors (Lipinski definition) is 3. The highest BCUT2D eigenvalue weighted by atomic mass is 16.4. The summed E-state index contributed by atoms with van der Waals surface area (Å²) in [5.74, 6) is -1.82. The minimum Gasteiger partial charge on any atom is -0.481 e. The zero-order valence-electron chi connectivity index (χ0n) is 11.4. The van der Waals surface area contributed by atoms with Gasteiger partial charge >= 0.3 is 5.97 Å². The molecule has 0 saturated heterocycles. The largest absolute Gasteiger partial charge is 0.481 e. The van der Waals surface area contributed by atoms with Crippen LogP contribution in [0.4, 0.5) is 5.69 Å². The summed E-state index contributed by atoms with van der Waals surface area (Å²) in [5, 5.41) is 11.4. The Kier molecular flexibility index (Phi) is 4.54. The van der Waals surface area contributed by atoms with E-state index in [1.807, 2.05) is 12.1 Å². The monoisotopic (exact) mass is 291 g/mol. The van der Waals surface area contributed by atoms with Gasteiger partial charge in [-0.1, -0.05) is 18.2 Å². The van der Waals surface area contributed by atoms with E-state index in [2.05, 4.69) is 5.32 Å². The van der Waals surface area contributed by atoms with E-state index < -0.39 is 11.9 Å². The molecule has 1 aromatic carbocycles. The summed E-state index contributed by atoms with van der Waals surface area (Å²) in [6.07, 6.45) is -0.0318. The first kappa shape index (κ1) is 15.0. The SMILES string of the molecule is NCC(=O)NCC(=O)N1CC(CC(=O)O)c2ccccc21. The van der Waals surface area contributed by atoms with Gasteiger partial charge in [0.25, 0.3) is 0 Å². The minimum atomic E-state index is -0.902. The molecule has 2 amide bonds. The summed E-state index contributed by atoms with van der Waals surface area (Å²) in [7, 11) is 0. The number of carboxylic acids is 1. The predicted octanol–water partition coefficient (Wildman–Crippen LogP) is -0.334. The Morgan fingerprint density at radius 2 is 2.05 bits per heavy atom. The van der Waals surface area contributed by atoms with Crippen molar-refractivity contribution in [1.29, 1.82) is 0 Å². The van der Waals surface area contributed by atoms with Gasteiger partial charge in [0.2, 0.25) is 11.8 Å². The average molecular weight is 291 g/mol. The van der Waals surface area contributed by atoms with Crippen molar-refractivity contribution in [2.24, 2.45) is 5.73 Å². The number of nitrogens with two attached hydrogens (primary N) is 1. The summed E-state index contributed by atoms with van der Waals surface area (Å²) >= 11 is 0. The summed E-state index contributed by atoms with van der Waals surface area (Å²) in [5.41, 5.74) is 6.71. The molecule has 0 fully saturated rings. The Hall–Kier alpha value is -2.41. The molecule has 1 unspecified atom stereocenters. The molecule has 1 aliphatic heterocycles. The molecule has 0 aromatic heterocycles. The van der Waals surface area contributed by atoms with Gasteiger partial charge in [-0.3, -0.25) is 14.4 Å². The molecule has 0 aliphatic carbocycles. The van der Waals surface area contributed by atoms with Crippen LogP contribution in [0.15, 0.2) is 24.3 Å². The lowest BCUT2D eigenvalue weighted by Gasteiger charge is -2.18. The molecule has 0 spiro atoms. The highest BCUT2D eigenvalue weighted by molar-refractivity contribution is 5.99. The van der Waals surface area contributed by atoms with E-state index in [0.717, 1.165) is 5.56 Å². The number of para-hydroxylation sites is 1. The van der Waals surface area contributed by atoms with Crippen LogP contribution < -0.4 is 16.0 Å². The van der Waals surface area contributed by atoms with Crippen LogP contribution in [0, 0.1) is 0 Å². The van der Waals surface area contributed by atoms with Crippen LogP contribution in [0.1, 0.15) is 17.9 Å². The van der Waals surface area contributed by atoms with Gasteiger partial charge in [-0.15, -0.1) is 0 Å². The fraction of sp³-hybridized carbons (Fsp3) is 0.357. The van der Waals surface area contributed by atoms with E-state index in [4.69, 9.17) is 10.8 Å². The molecule has 0 saturated carbocycles. The number of amides is 2. The second-order valence-corrected chi connectivity index (χ2v) is 4.84. The van der Waals surface area contributed by atoms with Crippen LogP contribution in [-0.4, -0.2) is 42.5 Å². The average Bonchev–Trinajstić information content (AvgIpc) is 2.83. The Bertz CT molecular complexity index is 573. The zero-order valence-corrected chi connectivity index (χ0v) is 11.4. The molecule has 0 radical (unpaired) electrons. The number of nitrogens with one attached hydrogen (secondary N) is 1. The van der Waals surface area contributed by atoms with Crippen LogP contribution in [0.2, 0.25) is 0 Å². The molecule has 7 nitrogen and oxygen atoms in total. The van der Waals surface area contributed by atoms with Gasteiger partial charge in [-0.2, -0.15) is 0 Å². The quantitative estimate of drug-likeness (QED) is 0.687. The zero-order chi connectivity index (χ0) is 15.4. The first-order chi connectivity index (χ1) is 10.0. The van der Waals surface area contributed by atoms with Gasteiger partial charge in [0.05, 0.1) is 19.5 Å². The van der Waals surface area contributed by atoms with Crippen molar-refractivity contribution in [3.63, 3.8) is 0 Å². The Morgan fingerprint density at radius 3 is 2.71 bits per heavy atom. The molecular formula is C14H17N3O4. The number of fused-ring (bicyclic) bond motifs is 1. The molecule has 0 bridgehead atoms. The van der Waals surface area contributed by atoms with Gasteiger partial charge in [-0.05, 0) is 11.6 Å². The van der Waals surface area contributed by atoms with E-state index in [0.29, 0.717) is 12.2 Å². The molecule has 21 heavy (non-hydrogen) atoms. The maximum atomic E-state index is 12.2. The first-order valence-electron chi connectivity index (χ1n) is 6.60. The van der Waals surface area contributed by atoms with Crippen LogP contribution >= 0.6 is 0 Å². The van der Waals surface area contributed by atoms with Crippen LogP contribution in [0.25, 0.3) is 0 Å². The highest BCUT2D eigenvalue weighted by Gasteiger charge is 2.33. The molecule has 1 aromatic rings. The molecule has 2 rings (SSSR count). The maximum Gasteiger partial charge on any atom is 0.304 e. The number of hydrogen-bond acceptors (Lipinski definition) is 4. The van der Waals surface area contributed by atoms with Crippen molar-refractivity contribution in [2.75, 3.05) is 24.5 Å². The van der Waals surface area contributed by atoms with Gasteiger partial charge in [0.15, 0.2) is 0 Å². The summed E-state index contributed by atoms with van der Waals surface area (Å²) < 4.78 is 0. The number of aliphatic carboxylic acids is 1. The third kappa shape index (κ3) is 3.38. The second-order valence-electron chi connectivity index (χ2n) is 4.84. The van der Waals surface area contributed by atoms with Crippen molar-refractivity contribution in [3.05, 3.63) is 29.8 Å². The van der Waals surface area contributed by atoms with Crippen molar-refractivity contribution in [2.45, 2.75) is 12.3 Å². The van der Waals surface area contributed by atoms with Crippen molar-refractivity contribution in [3.8, 4) is 0 Å². The predicted molar refractivity (Wildman–Crippen MR) is 75.9 cm³/mol. The number of carboxylic acid groups (broad SMARTS) is 1. The number of nitrogens with zero attached hydrogens (tertiary/aromatic N) is 1. The second kappa shape index (κ2) is 6.36. The van der Waals surface area contributed by atoms with Crippen molar-refractivity contribution >= 4 is 23.5 Å². The van der Waals surface area contributed by atoms with E-state index in [1.54, 1.807) is 12.1 Å². The topological polar surface area (TPSA) is 113 Å². The Balaban J connectivity index is 2.13. The normalized spacial score (nSPS) is 16.4. The van der Waals surface area contributed by atoms with E-state index in [-0.39, 0.29) is 31.3 Å². The summed E-state index contributed by atoms with van der Waals surface area (Å²) in [6, 6.07) is 7.22. The Labute approximate surface area is 121 Å². The highest BCUT2D eigenvalue weighted by Crippen LogP contribution is 2.37. The molecule has 7 heteroatoms. The van der Waals surface area contributed by atoms with Crippen LogP contribution in [0.5, 0.6) is 0 Å². The van der Waals surface area contributed by atoms with Gasteiger partial charge in [0.1, 0.15) is 0 Å². The smallest absolute Gasteiger partial charge is 0.304 e. The molecule has 112 valence electrons. The fourth-order valence-corrected chi connectivity index (χ4v) is 2.46. The van der Waals surface area contributed by atoms with Crippen molar-refractivity contribution in [1.82, 2.24) is 5.32 Å². The first-order valence-corrected chi connectivity index (χ1v) is 6.60. The lowest BCUT2D eigenvalue weighted by Crippen LogP contribution is -2.41. The molecular weight excluding hydrogens is 274 g/mol. The minimum absolute atomic E-state index is 0.0318.